The molecule has 0 aliphatic rings. The van der Waals surface area contributed by atoms with Crippen molar-refractivity contribution in [3.63, 3.8) is 0 Å². The summed E-state index contributed by atoms with van der Waals surface area (Å²) in [4.78, 5) is 24.5. The van der Waals surface area contributed by atoms with Crippen molar-refractivity contribution in [3.05, 3.63) is 64.6 Å². The van der Waals surface area contributed by atoms with E-state index in [-0.39, 0.29) is 29.4 Å². The molecular weight excluding hydrogens is 447 g/mol. The summed E-state index contributed by atoms with van der Waals surface area (Å²) in [5.41, 5.74) is 7.07. The Morgan fingerprint density at radius 1 is 1.11 bits per heavy atom. The second kappa shape index (κ2) is 9.47. The largest absolute Gasteiger partial charge is 0.368 e. The highest BCUT2D eigenvalue weighted by atomic mass is 79.9. The maximum atomic E-state index is 13.0. The minimum atomic E-state index is -0.335. The van der Waals surface area contributed by atoms with Gasteiger partial charge in [-0.1, -0.05) is 12.1 Å². The molecule has 3 rings (SSSR count). The first-order chi connectivity index (χ1) is 13.5. The van der Waals surface area contributed by atoms with Crippen LogP contribution in [0.3, 0.4) is 0 Å². The predicted molar refractivity (Wildman–Crippen MR) is 113 cm³/mol. The highest BCUT2D eigenvalue weighted by molar-refractivity contribution is 9.10. The zero-order chi connectivity index (χ0) is 19.9. The number of thioether (sulfide) groups is 1. The molecule has 0 atom stereocenters. The number of anilines is 4. The average Bonchev–Trinajstić information content (AvgIpc) is 2.65. The molecule has 0 aliphatic heterocycles. The van der Waals surface area contributed by atoms with Gasteiger partial charge in [-0.25, -0.2) is 4.39 Å². The first-order valence-corrected chi connectivity index (χ1v) is 10.1. The summed E-state index contributed by atoms with van der Waals surface area (Å²) >= 11 is 4.74. The van der Waals surface area contributed by atoms with Crippen molar-refractivity contribution >= 4 is 56.9 Å². The monoisotopic (exact) mass is 462 g/mol. The number of benzene rings is 2. The van der Waals surface area contributed by atoms with Crippen molar-refractivity contribution in [2.24, 2.45) is 0 Å². The number of aromatic nitrogens is 3. The normalized spacial score (nSPS) is 10.5. The number of carbonyl (C=O) groups excluding carboxylic acids is 1. The Bertz CT molecular complexity index is 973. The first-order valence-electron chi connectivity index (χ1n) is 8.15. The Morgan fingerprint density at radius 3 is 2.61 bits per heavy atom. The Balaban J connectivity index is 1.55. The first kappa shape index (κ1) is 20.0. The van der Waals surface area contributed by atoms with Gasteiger partial charge >= 0.3 is 0 Å². The topological polar surface area (TPSA) is 106 Å². The van der Waals surface area contributed by atoms with Gasteiger partial charge in [-0.15, -0.1) is 11.8 Å². The molecule has 0 saturated heterocycles. The minimum Gasteiger partial charge on any atom is -0.368 e. The molecule has 1 amide bonds. The number of hydrogen-bond acceptors (Lipinski definition) is 7. The SMILES string of the molecule is Nc1nc(CSCC(=O)Nc2ccccc2Br)nc(Nc2ccc(F)cc2)n1. The third-order valence-corrected chi connectivity index (χ3v) is 5.03. The van der Waals surface area contributed by atoms with Crippen LogP contribution in [0.5, 0.6) is 0 Å². The molecule has 0 aliphatic carbocycles. The summed E-state index contributed by atoms with van der Waals surface area (Å²) in [6.45, 7) is 0. The van der Waals surface area contributed by atoms with Gasteiger partial charge in [-0.05, 0) is 52.3 Å². The van der Waals surface area contributed by atoms with Crippen LogP contribution in [-0.4, -0.2) is 26.6 Å². The molecule has 3 aromatic rings. The number of nitrogen functional groups attached to an aromatic ring is 1. The van der Waals surface area contributed by atoms with Gasteiger partial charge in [0.05, 0.1) is 17.2 Å². The lowest BCUT2D eigenvalue weighted by Gasteiger charge is -2.08. The fourth-order valence-corrected chi connectivity index (χ4v) is 3.26. The van der Waals surface area contributed by atoms with Gasteiger partial charge in [-0.2, -0.15) is 15.0 Å². The summed E-state index contributed by atoms with van der Waals surface area (Å²) in [5.74, 6) is 0.903. The third kappa shape index (κ3) is 5.89. The zero-order valence-electron chi connectivity index (χ0n) is 14.5. The number of rotatable bonds is 7. The molecule has 2 aromatic carbocycles. The van der Waals surface area contributed by atoms with E-state index in [9.17, 15) is 9.18 Å². The number of hydrogen-bond donors (Lipinski definition) is 3. The Hall–Kier alpha value is -2.72. The number of nitrogens with zero attached hydrogens (tertiary/aromatic N) is 3. The lowest BCUT2D eigenvalue weighted by molar-refractivity contribution is -0.113. The molecule has 1 heterocycles. The third-order valence-electron chi connectivity index (χ3n) is 3.41. The van der Waals surface area contributed by atoms with Crippen LogP contribution in [0, 0.1) is 5.82 Å². The molecule has 0 saturated carbocycles. The highest BCUT2D eigenvalue weighted by Gasteiger charge is 2.09. The van der Waals surface area contributed by atoms with E-state index in [1.165, 1.54) is 23.9 Å². The maximum Gasteiger partial charge on any atom is 0.234 e. The van der Waals surface area contributed by atoms with E-state index < -0.39 is 0 Å². The smallest absolute Gasteiger partial charge is 0.234 e. The van der Waals surface area contributed by atoms with E-state index in [4.69, 9.17) is 5.73 Å². The van der Waals surface area contributed by atoms with Crippen molar-refractivity contribution in [1.82, 2.24) is 15.0 Å². The molecule has 0 bridgehead atoms. The van der Waals surface area contributed by atoms with E-state index in [0.717, 1.165) is 4.47 Å². The van der Waals surface area contributed by atoms with Gasteiger partial charge in [0, 0.05) is 10.2 Å². The average molecular weight is 463 g/mol. The standard InChI is InChI=1S/C18H16BrFN6OS/c19-13-3-1-2-4-14(13)23-16(27)10-28-9-15-24-17(21)26-18(25-15)22-12-7-5-11(20)6-8-12/h1-8H,9-10H2,(H,23,27)(H3,21,22,24,25,26). The van der Waals surface area contributed by atoms with Gasteiger partial charge in [0.25, 0.3) is 0 Å². The van der Waals surface area contributed by atoms with Gasteiger partial charge in [-0.3, -0.25) is 4.79 Å². The molecule has 0 unspecified atom stereocenters. The van der Waals surface area contributed by atoms with Gasteiger partial charge < -0.3 is 16.4 Å². The summed E-state index contributed by atoms with van der Waals surface area (Å²) in [7, 11) is 0. The minimum absolute atomic E-state index is 0.0629. The van der Waals surface area contributed by atoms with Crippen molar-refractivity contribution in [1.29, 1.82) is 0 Å². The summed E-state index contributed by atoms with van der Waals surface area (Å²) < 4.78 is 13.8. The molecule has 0 spiro atoms. The van der Waals surface area contributed by atoms with Crippen LogP contribution in [0.1, 0.15) is 5.82 Å². The van der Waals surface area contributed by atoms with Crippen LogP contribution in [0.25, 0.3) is 0 Å². The van der Waals surface area contributed by atoms with Crippen LogP contribution in [0.2, 0.25) is 0 Å². The van der Waals surface area contributed by atoms with Gasteiger partial charge in [0.1, 0.15) is 11.6 Å². The molecule has 7 nitrogen and oxygen atoms in total. The summed E-state index contributed by atoms with van der Waals surface area (Å²) in [6, 6.07) is 13.2. The molecule has 0 fully saturated rings. The van der Waals surface area contributed by atoms with Crippen LogP contribution in [0.4, 0.5) is 27.7 Å². The van der Waals surface area contributed by atoms with Crippen LogP contribution < -0.4 is 16.4 Å². The lowest BCUT2D eigenvalue weighted by atomic mass is 10.3. The number of nitrogens with one attached hydrogen (secondary N) is 2. The van der Waals surface area contributed by atoms with Gasteiger partial charge in [0.2, 0.25) is 17.8 Å². The van der Waals surface area contributed by atoms with Crippen LogP contribution in [-0.2, 0) is 10.5 Å². The Kier molecular flexibility index (Phi) is 6.77. The number of amides is 1. The van der Waals surface area contributed by atoms with Crippen LogP contribution in [0.15, 0.2) is 53.0 Å². The lowest BCUT2D eigenvalue weighted by Crippen LogP contribution is -2.15. The highest BCUT2D eigenvalue weighted by Crippen LogP contribution is 2.22. The fourth-order valence-electron chi connectivity index (χ4n) is 2.20. The molecule has 144 valence electrons. The van der Waals surface area contributed by atoms with E-state index in [1.807, 2.05) is 24.3 Å². The van der Waals surface area contributed by atoms with Crippen molar-refractivity contribution in [2.75, 3.05) is 22.1 Å². The van der Waals surface area contributed by atoms with Gasteiger partial charge in [0.15, 0.2) is 0 Å². The second-order valence-corrected chi connectivity index (χ2v) is 7.43. The Labute approximate surface area is 173 Å². The number of carbonyl (C=O) groups is 1. The van der Waals surface area contributed by atoms with Crippen molar-refractivity contribution in [2.45, 2.75) is 5.75 Å². The zero-order valence-corrected chi connectivity index (χ0v) is 16.9. The molecular formula is C18H16BrFN6OS. The maximum absolute atomic E-state index is 13.0. The number of para-hydroxylation sites is 1. The summed E-state index contributed by atoms with van der Waals surface area (Å²) in [6.07, 6.45) is 0. The van der Waals surface area contributed by atoms with E-state index >= 15 is 0 Å². The number of nitrogens with two attached hydrogens (primary N) is 1. The second-order valence-electron chi connectivity index (χ2n) is 5.59. The van der Waals surface area contributed by atoms with Crippen molar-refractivity contribution in [3.8, 4) is 0 Å². The summed E-state index contributed by atoms with van der Waals surface area (Å²) in [5, 5.41) is 5.78. The molecule has 28 heavy (non-hydrogen) atoms. The van der Waals surface area contributed by atoms with E-state index in [2.05, 4.69) is 41.5 Å². The Morgan fingerprint density at radius 2 is 1.86 bits per heavy atom. The molecule has 10 heteroatoms. The molecule has 4 N–H and O–H groups in total. The quantitative estimate of drug-likeness (QED) is 0.487. The van der Waals surface area contributed by atoms with E-state index in [0.29, 0.717) is 23.0 Å². The molecule has 0 radical (unpaired) electrons. The van der Waals surface area contributed by atoms with Crippen molar-refractivity contribution < 1.29 is 9.18 Å². The van der Waals surface area contributed by atoms with Crippen LogP contribution >= 0.6 is 27.7 Å². The van der Waals surface area contributed by atoms with E-state index in [1.54, 1.807) is 12.1 Å². The molecule has 1 aromatic heterocycles. The predicted octanol–water partition coefficient (Wildman–Crippen LogP) is 3.97. The number of halogens is 2. The fraction of sp³-hybridized carbons (Fsp3) is 0.111.